The van der Waals surface area contributed by atoms with Crippen molar-refractivity contribution in [2.24, 2.45) is 0 Å². The molecule has 0 aliphatic rings. The Bertz CT molecular complexity index is 430. The molecule has 1 rings (SSSR count). The van der Waals surface area contributed by atoms with E-state index >= 15 is 0 Å². The Hall–Kier alpha value is -1.69. The molecule has 0 atom stereocenters. The number of thiol groups is 1. The molecule has 5 nitrogen and oxygen atoms in total. The van der Waals surface area contributed by atoms with Crippen molar-refractivity contribution in [1.29, 1.82) is 0 Å². The molecule has 0 saturated carbocycles. The highest BCUT2D eigenvalue weighted by molar-refractivity contribution is 7.80. The molecule has 0 saturated heterocycles. The highest BCUT2D eigenvalue weighted by Gasteiger charge is 2.13. The van der Waals surface area contributed by atoms with Gasteiger partial charge in [0.05, 0.1) is 6.61 Å². The summed E-state index contributed by atoms with van der Waals surface area (Å²) in [6.07, 6.45) is 0.299. The quantitative estimate of drug-likeness (QED) is 0.535. The number of ether oxygens (including phenoxy) is 1. The molecule has 0 aliphatic heterocycles. The Balaban J connectivity index is 2.69. The summed E-state index contributed by atoms with van der Waals surface area (Å²) in [7, 11) is 0. The van der Waals surface area contributed by atoms with E-state index < -0.39 is 11.9 Å². The minimum atomic E-state index is -1.10. The standard InChI is InChI=1S/C11H12O5S/c12-9(13)5-2-6-16-10-7(11(14)15)3-1-4-8(10)17/h1,3-4,17H,2,5-6H2,(H,12,13)(H,14,15). The van der Waals surface area contributed by atoms with Gasteiger partial charge in [-0.3, -0.25) is 4.79 Å². The van der Waals surface area contributed by atoms with Gasteiger partial charge in [-0.2, -0.15) is 0 Å². The van der Waals surface area contributed by atoms with Crippen LogP contribution in [0.25, 0.3) is 0 Å². The van der Waals surface area contributed by atoms with Crippen LogP contribution in [0.15, 0.2) is 23.1 Å². The summed E-state index contributed by atoms with van der Waals surface area (Å²) in [4.78, 5) is 21.6. The Labute approximate surface area is 103 Å². The number of aliphatic carboxylic acids is 1. The van der Waals surface area contributed by atoms with Crippen molar-refractivity contribution in [2.45, 2.75) is 17.7 Å². The lowest BCUT2D eigenvalue weighted by Gasteiger charge is -2.10. The maximum absolute atomic E-state index is 10.9. The van der Waals surface area contributed by atoms with Crippen LogP contribution >= 0.6 is 12.6 Å². The summed E-state index contributed by atoms with van der Waals surface area (Å²) in [5.74, 6) is -1.84. The third-order valence-corrected chi connectivity index (χ3v) is 2.36. The van der Waals surface area contributed by atoms with Crippen LogP contribution in [0, 0.1) is 0 Å². The molecule has 0 unspecified atom stereocenters. The molecule has 0 amide bonds. The lowest BCUT2D eigenvalue weighted by atomic mass is 10.2. The fourth-order valence-corrected chi connectivity index (χ4v) is 1.51. The van der Waals surface area contributed by atoms with Gasteiger partial charge in [-0.25, -0.2) is 4.79 Å². The van der Waals surface area contributed by atoms with E-state index in [1.54, 1.807) is 12.1 Å². The zero-order chi connectivity index (χ0) is 12.8. The van der Waals surface area contributed by atoms with E-state index in [9.17, 15) is 9.59 Å². The maximum Gasteiger partial charge on any atom is 0.339 e. The van der Waals surface area contributed by atoms with Crippen molar-refractivity contribution in [3.63, 3.8) is 0 Å². The smallest absolute Gasteiger partial charge is 0.339 e. The van der Waals surface area contributed by atoms with Crippen molar-refractivity contribution in [2.75, 3.05) is 6.61 Å². The Kier molecular flexibility index (Phi) is 4.84. The largest absolute Gasteiger partial charge is 0.491 e. The molecule has 2 N–H and O–H groups in total. The highest BCUT2D eigenvalue weighted by atomic mass is 32.1. The summed E-state index contributed by atoms with van der Waals surface area (Å²) in [5, 5.41) is 17.4. The molecular formula is C11H12O5S. The van der Waals surface area contributed by atoms with Crippen LogP contribution in [0.2, 0.25) is 0 Å². The average molecular weight is 256 g/mol. The number of hydrogen-bond acceptors (Lipinski definition) is 4. The molecular weight excluding hydrogens is 244 g/mol. The SMILES string of the molecule is O=C(O)CCCOc1c(S)cccc1C(=O)O. The first-order valence-corrected chi connectivity index (χ1v) is 5.37. The van der Waals surface area contributed by atoms with Crippen molar-refractivity contribution in [1.82, 2.24) is 0 Å². The number of benzene rings is 1. The van der Waals surface area contributed by atoms with Gasteiger partial charge in [0.1, 0.15) is 11.3 Å². The summed E-state index contributed by atoms with van der Waals surface area (Å²) in [5.41, 5.74) is 0.0211. The molecule has 0 spiro atoms. The molecule has 1 aromatic carbocycles. The van der Waals surface area contributed by atoms with Crippen LogP contribution in [0.3, 0.4) is 0 Å². The van der Waals surface area contributed by atoms with Crippen molar-refractivity contribution < 1.29 is 24.5 Å². The molecule has 0 radical (unpaired) electrons. The van der Waals surface area contributed by atoms with Gasteiger partial charge in [-0.15, -0.1) is 12.6 Å². The van der Waals surface area contributed by atoms with Gasteiger partial charge in [0, 0.05) is 11.3 Å². The topological polar surface area (TPSA) is 83.8 Å². The maximum atomic E-state index is 10.9. The van der Waals surface area contributed by atoms with Gasteiger partial charge in [0.15, 0.2) is 0 Å². The van der Waals surface area contributed by atoms with E-state index in [0.29, 0.717) is 11.3 Å². The first kappa shape index (κ1) is 13.4. The lowest BCUT2D eigenvalue weighted by Crippen LogP contribution is -2.06. The number of carbonyl (C=O) groups is 2. The molecule has 0 fully saturated rings. The van der Waals surface area contributed by atoms with E-state index in [2.05, 4.69) is 12.6 Å². The van der Waals surface area contributed by atoms with Crippen LogP contribution in [-0.2, 0) is 4.79 Å². The number of hydrogen-bond donors (Lipinski definition) is 3. The molecule has 0 aliphatic carbocycles. The van der Waals surface area contributed by atoms with Crippen LogP contribution < -0.4 is 4.74 Å². The number of carboxylic acids is 2. The first-order valence-electron chi connectivity index (χ1n) is 4.92. The zero-order valence-electron chi connectivity index (χ0n) is 8.92. The summed E-state index contributed by atoms with van der Waals surface area (Å²) in [6, 6.07) is 4.59. The molecule has 0 aromatic heterocycles. The second-order valence-corrected chi connectivity index (χ2v) is 3.79. The fourth-order valence-electron chi connectivity index (χ4n) is 1.24. The van der Waals surface area contributed by atoms with Crippen molar-refractivity contribution in [3.8, 4) is 5.75 Å². The predicted molar refractivity (Wildman–Crippen MR) is 63.0 cm³/mol. The summed E-state index contributed by atoms with van der Waals surface area (Å²) < 4.78 is 5.26. The van der Waals surface area contributed by atoms with Gasteiger partial charge in [-0.1, -0.05) is 6.07 Å². The monoisotopic (exact) mass is 256 g/mol. The molecule has 1 aromatic rings. The highest BCUT2D eigenvalue weighted by Crippen LogP contribution is 2.27. The van der Waals surface area contributed by atoms with Crippen molar-refractivity contribution >= 4 is 24.6 Å². The van der Waals surface area contributed by atoms with Gasteiger partial charge in [0.25, 0.3) is 0 Å². The summed E-state index contributed by atoms with van der Waals surface area (Å²) in [6.45, 7) is 0.143. The van der Waals surface area contributed by atoms with Gasteiger partial charge in [0.2, 0.25) is 0 Å². The Morgan fingerprint density at radius 3 is 2.59 bits per heavy atom. The van der Waals surface area contributed by atoms with E-state index in [4.69, 9.17) is 14.9 Å². The first-order chi connectivity index (χ1) is 8.02. The molecule has 0 heterocycles. The van der Waals surface area contributed by atoms with Crippen LogP contribution in [0.5, 0.6) is 5.75 Å². The lowest BCUT2D eigenvalue weighted by molar-refractivity contribution is -0.137. The average Bonchev–Trinajstić information content (AvgIpc) is 2.25. The Morgan fingerprint density at radius 1 is 1.29 bits per heavy atom. The molecule has 6 heteroatoms. The van der Waals surface area contributed by atoms with Crippen LogP contribution in [0.1, 0.15) is 23.2 Å². The number of carboxylic acid groups (broad SMARTS) is 2. The minimum Gasteiger partial charge on any atom is -0.491 e. The number of para-hydroxylation sites is 1. The van der Waals surface area contributed by atoms with Crippen molar-refractivity contribution in [3.05, 3.63) is 23.8 Å². The van der Waals surface area contributed by atoms with E-state index in [-0.39, 0.29) is 24.3 Å². The third-order valence-electron chi connectivity index (χ3n) is 2.01. The van der Waals surface area contributed by atoms with Gasteiger partial charge >= 0.3 is 11.9 Å². The second-order valence-electron chi connectivity index (χ2n) is 3.30. The minimum absolute atomic E-state index is 0.0167. The molecule has 17 heavy (non-hydrogen) atoms. The van der Waals surface area contributed by atoms with Crippen LogP contribution in [0.4, 0.5) is 0 Å². The normalized spacial score (nSPS) is 9.94. The number of aromatic carboxylic acids is 1. The van der Waals surface area contributed by atoms with E-state index in [1.165, 1.54) is 6.07 Å². The fraction of sp³-hybridized carbons (Fsp3) is 0.273. The number of rotatable bonds is 6. The van der Waals surface area contributed by atoms with Gasteiger partial charge in [-0.05, 0) is 18.6 Å². The van der Waals surface area contributed by atoms with E-state index in [0.717, 1.165) is 0 Å². The van der Waals surface area contributed by atoms with Crippen LogP contribution in [-0.4, -0.2) is 28.8 Å². The Morgan fingerprint density at radius 2 is 2.00 bits per heavy atom. The zero-order valence-corrected chi connectivity index (χ0v) is 9.81. The van der Waals surface area contributed by atoms with E-state index in [1.807, 2.05) is 0 Å². The third kappa shape index (κ3) is 3.99. The molecule has 0 bridgehead atoms. The van der Waals surface area contributed by atoms with Gasteiger partial charge < -0.3 is 14.9 Å². The summed E-state index contributed by atoms with van der Waals surface area (Å²) >= 11 is 4.10. The molecule has 92 valence electrons. The second kappa shape index (κ2) is 6.15. The predicted octanol–water partition coefficient (Wildman–Crippen LogP) is 1.92.